The first-order valence-corrected chi connectivity index (χ1v) is 6.41. The molecule has 0 unspecified atom stereocenters. The van der Waals surface area contributed by atoms with Crippen molar-refractivity contribution in [2.75, 3.05) is 25.7 Å². The molecule has 0 bridgehead atoms. The van der Waals surface area contributed by atoms with Crippen LogP contribution in [-0.4, -0.2) is 25.7 Å². The molecule has 4 heteroatoms. The van der Waals surface area contributed by atoms with Gasteiger partial charge in [0, 0.05) is 17.3 Å². The van der Waals surface area contributed by atoms with Crippen LogP contribution in [0.2, 0.25) is 0 Å². The van der Waals surface area contributed by atoms with Crippen LogP contribution in [0.3, 0.4) is 0 Å². The van der Waals surface area contributed by atoms with Crippen molar-refractivity contribution in [1.29, 1.82) is 0 Å². The Labute approximate surface area is 104 Å². The van der Waals surface area contributed by atoms with E-state index < -0.39 is 5.79 Å². The molecule has 1 aliphatic heterocycles. The van der Waals surface area contributed by atoms with Crippen LogP contribution in [0.5, 0.6) is 5.75 Å². The third kappa shape index (κ3) is 2.24. The average Bonchev–Trinajstić information content (AvgIpc) is 2.80. The van der Waals surface area contributed by atoms with Gasteiger partial charge < -0.3 is 14.2 Å². The molecular weight excluding hydrogens is 272 g/mol. The number of hydrogen-bond acceptors (Lipinski definition) is 3. The second-order valence-electron chi connectivity index (χ2n) is 3.62. The third-order valence-corrected chi connectivity index (χ3v) is 3.10. The molecule has 3 nitrogen and oxygen atoms in total. The standard InChI is InChI=1S/C12H15BrO3/c1-14-11-4-2-10(3-5-11)12(6-7-13)15-8-9-16-12/h2-5H,6-9H2,1H3. The summed E-state index contributed by atoms with van der Waals surface area (Å²) < 4.78 is 16.6. The lowest BCUT2D eigenvalue weighted by molar-refractivity contribution is -0.166. The molecule has 0 radical (unpaired) electrons. The number of rotatable bonds is 4. The number of ether oxygens (including phenoxy) is 3. The molecular formula is C12H15BrO3. The predicted octanol–water partition coefficient (Wildman–Crippen LogP) is 2.68. The minimum absolute atomic E-state index is 0.574. The van der Waals surface area contributed by atoms with Gasteiger partial charge in [0.2, 0.25) is 0 Å². The smallest absolute Gasteiger partial charge is 0.195 e. The highest BCUT2D eigenvalue weighted by molar-refractivity contribution is 9.09. The zero-order valence-corrected chi connectivity index (χ0v) is 10.8. The van der Waals surface area contributed by atoms with Gasteiger partial charge in [-0.15, -0.1) is 0 Å². The number of hydrogen-bond donors (Lipinski definition) is 0. The Bertz CT molecular complexity index is 331. The van der Waals surface area contributed by atoms with Crippen molar-refractivity contribution in [3.05, 3.63) is 29.8 Å². The summed E-state index contributed by atoms with van der Waals surface area (Å²) in [5.74, 6) is 0.270. The minimum atomic E-state index is -0.574. The summed E-state index contributed by atoms with van der Waals surface area (Å²) in [5.41, 5.74) is 1.05. The van der Waals surface area contributed by atoms with E-state index in [4.69, 9.17) is 14.2 Å². The number of alkyl halides is 1. The van der Waals surface area contributed by atoms with Crippen molar-refractivity contribution < 1.29 is 14.2 Å². The van der Waals surface area contributed by atoms with Crippen LogP contribution in [0.15, 0.2) is 24.3 Å². The van der Waals surface area contributed by atoms with E-state index in [1.54, 1.807) is 7.11 Å². The van der Waals surface area contributed by atoms with Crippen LogP contribution in [0.1, 0.15) is 12.0 Å². The van der Waals surface area contributed by atoms with Crippen molar-refractivity contribution in [2.24, 2.45) is 0 Å². The van der Waals surface area contributed by atoms with Gasteiger partial charge in [0.25, 0.3) is 0 Å². The maximum absolute atomic E-state index is 5.75. The lowest BCUT2D eigenvalue weighted by atomic mass is 10.0. The zero-order chi connectivity index (χ0) is 11.4. The van der Waals surface area contributed by atoms with Gasteiger partial charge in [0.05, 0.1) is 20.3 Å². The van der Waals surface area contributed by atoms with E-state index in [9.17, 15) is 0 Å². The molecule has 16 heavy (non-hydrogen) atoms. The fraction of sp³-hybridized carbons (Fsp3) is 0.500. The van der Waals surface area contributed by atoms with Crippen LogP contribution in [0.4, 0.5) is 0 Å². The molecule has 1 aromatic rings. The Morgan fingerprint density at radius 2 is 1.88 bits per heavy atom. The fourth-order valence-electron chi connectivity index (χ4n) is 1.88. The van der Waals surface area contributed by atoms with E-state index in [0.29, 0.717) is 13.2 Å². The van der Waals surface area contributed by atoms with E-state index in [1.807, 2.05) is 24.3 Å². The summed E-state index contributed by atoms with van der Waals surface area (Å²) in [6.45, 7) is 1.30. The number of methoxy groups -OCH3 is 1. The van der Waals surface area contributed by atoms with Crippen LogP contribution in [-0.2, 0) is 15.3 Å². The molecule has 0 atom stereocenters. The Kier molecular flexibility index (Phi) is 3.84. The number of benzene rings is 1. The zero-order valence-electron chi connectivity index (χ0n) is 9.24. The van der Waals surface area contributed by atoms with Gasteiger partial charge in [0.15, 0.2) is 5.79 Å². The lowest BCUT2D eigenvalue weighted by Crippen LogP contribution is -2.27. The Balaban J connectivity index is 2.24. The van der Waals surface area contributed by atoms with Gasteiger partial charge in [-0.25, -0.2) is 0 Å². The molecule has 1 aliphatic rings. The fourth-order valence-corrected chi connectivity index (χ4v) is 2.40. The average molecular weight is 287 g/mol. The first-order chi connectivity index (χ1) is 7.80. The SMILES string of the molecule is COc1ccc(C2(CCBr)OCCO2)cc1. The molecule has 0 aliphatic carbocycles. The van der Waals surface area contributed by atoms with Crippen LogP contribution >= 0.6 is 15.9 Å². The molecule has 1 aromatic carbocycles. The van der Waals surface area contributed by atoms with Crippen molar-refractivity contribution in [3.63, 3.8) is 0 Å². The molecule has 0 N–H and O–H groups in total. The maximum Gasteiger partial charge on any atom is 0.195 e. The van der Waals surface area contributed by atoms with Gasteiger partial charge in [-0.3, -0.25) is 0 Å². The molecule has 0 aromatic heterocycles. The molecule has 0 amide bonds. The van der Waals surface area contributed by atoms with Crippen molar-refractivity contribution in [2.45, 2.75) is 12.2 Å². The largest absolute Gasteiger partial charge is 0.497 e. The second kappa shape index (κ2) is 5.17. The highest BCUT2D eigenvalue weighted by Gasteiger charge is 2.37. The summed E-state index contributed by atoms with van der Waals surface area (Å²) >= 11 is 3.44. The lowest BCUT2D eigenvalue weighted by Gasteiger charge is -2.27. The first-order valence-electron chi connectivity index (χ1n) is 5.29. The molecule has 0 saturated carbocycles. The summed E-state index contributed by atoms with van der Waals surface area (Å²) in [6, 6.07) is 7.84. The summed E-state index contributed by atoms with van der Waals surface area (Å²) in [5, 5.41) is 0.846. The van der Waals surface area contributed by atoms with Gasteiger partial charge in [-0.2, -0.15) is 0 Å². The van der Waals surface area contributed by atoms with E-state index in [2.05, 4.69) is 15.9 Å². The third-order valence-electron chi connectivity index (χ3n) is 2.71. The summed E-state index contributed by atoms with van der Waals surface area (Å²) in [4.78, 5) is 0. The quantitative estimate of drug-likeness (QED) is 0.797. The summed E-state index contributed by atoms with van der Waals surface area (Å²) in [6.07, 6.45) is 0.805. The monoisotopic (exact) mass is 286 g/mol. The second-order valence-corrected chi connectivity index (χ2v) is 4.41. The topological polar surface area (TPSA) is 27.7 Å². The van der Waals surface area contributed by atoms with E-state index in [1.165, 1.54) is 0 Å². The number of halogens is 1. The normalized spacial score (nSPS) is 18.6. The maximum atomic E-state index is 5.75. The van der Waals surface area contributed by atoms with Gasteiger partial charge in [-0.05, 0) is 24.3 Å². The van der Waals surface area contributed by atoms with Gasteiger partial charge in [0.1, 0.15) is 5.75 Å². The van der Waals surface area contributed by atoms with E-state index in [-0.39, 0.29) is 0 Å². The Hall–Kier alpha value is -0.580. The molecule has 2 rings (SSSR count). The summed E-state index contributed by atoms with van der Waals surface area (Å²) in [7, 11) is 1.66. The van der Waals surface area contributed by atoms with Gasteiger partial charge in [-0.1, -0.05) is 15.9 Å². The molecule has 0 spiro atoms. The van der Waals surface area contributed by atoms with Crippen molar-refractivity contribution in [3.8, 4) is 5.75 Å². The predicted molar refractivity (Wildman–Crippen MR) is 65.0 cm³/mol. The van der Waals surface area contributed by atoms with Gasteiger partial charge >= 0.3 is 0 Å². The van der Waals surface area contributed by atoms with Crippen LogP contribution in [0.25, 0.3) is 0 Å². The van der Waals surface area contributed by atoms with Crippen molar-refractivity contribution in [1.82, 2.24) is 0 Å². The molecule has 88 valence electrons. The van der Waals surface area contributed by atoms with E-state index >= 15 is 0 Å². The Morgan fingerprint density at radius 1 is 1.25 bits per heavy atom. The van der Waals surface area contributed by atoms with E-state index in [0.717, 1.165) is 23.1 Å². The Morgan fingerprint density at radius 3 is 2.38 bits per heavy atom. The van der Waals surface area contributed by atoms with Crippen LogP contribution in [0, 0.1) is 0 Å². The van der Waals surface area contributed by atoms with Crippen LogP contribution < -0.4 is 4.74 Å². The molecule has 1 heterocycles. The molecule has 1 saturated heterocycles. The minimum Gasteiger partial charge on any atom is -0.497 e. The highest BCUT2D eigenvalue weighted by atomic mass is 79.9. The van der Waals surface area contributed by atoms with Crippen molar-refractivity contribution >= 4 is 15.9 Å². The highest BCUT2D eigenvalue weighted by Crippen LogP contribution is 2.35. The first kappa shape index (κ1) is 11.9. The molecule has 1 fully saturated rings.